The minimum atomic E-state index is -0.110. The Morgan fingerprint density at radius 2 is 2.04 bits per heavy atom. The maximum Gasteiger partial charge on any atom is 0.123 e. The Bertz CT molecular complexity index is 656. The van der Waals surface area contributed by atoms with Crippen LogP contribution in [0.5, 0.6) is 5.75 Å². The first kappa shape index (κ1) is 16.0. The molecular weight excluding hydrogens is 288 g/mol. The number of nitrogens with zero attached hydrogens (tertiary/aromatic N) is 2. The molecule has 1 aromatic carbocycles. The summed E-state index contributed by atoms with van der Waals surface area (Å²) in [5.41, 5.74) is 3.58. The summed E-state index contributed by atoms with van der Waals surface area (Å²) in [6.07, 6.45) is 4.60. The van der Waals surface area contributed by atoms with Crippen LogP contribution in [0, 0.1) is 0 Å². The van der Waals surface area contributed by atoms with Crippen LogP contribution in [0.2, 0.25) is 0 Å². The first-order valence-electron chi connectivity index (χ1n) is 8.09. The van der Waals surface area contributed by atoms with Crippen molar-refractivity contribution in [2.24, 2.45) is 0 Å². The molecule has 0 saturated carbocycles. The minimum Gasteiger partial charge on any atom is -0.487 e. The summed E-state index contributed by atoms with van der Waals surface area (Å²) in [6, 6.07) is 10.4. The fraction of sp³-hybridized carbons (Fsp3) is 0.421. The normalized spacial score (nSPS) is 15.5. The molecule has 1 N–H and O–H groups in total. The average molecular weight is 312 g/mol. The van der Waals surface area contributed by atoms with Gasteiger partial charge in [0, 0.05) is 38.4 Å². The van der Waals surface area contributed by atoms with E-state index in [2.05, 4.69) is 48.0 Å². The Hall–Kier alpha value is -1.91. The van der Waals surface area contributed by atoms with Crippen molar-refractivity contribution in [2.75, 3.05) is 13.2 Å². The van der Waals surface area contributed by atoms with E-state index in [0.29, 0.717) is 6.54 Å². The van der Waals surface area contributed by atoms with Gasteiger partial charge >= 0.3 is 0 Å². The molecule has 0 saturated heterocycles. The molecule has 3 rings (SSSR count). The second kappa shape index (κ2) is 6.69. The van der Waals surface area contributed by atoms with E-state index in [9.17, 15) is 5.11 Å². The van der Waals surface area contributed by atoms with E-state index >= 15 is 0 Å². The number of hydrogen-bond donors (Lipinski definition) is 1. The third kappa shape index (κ3) is 4.09. The van der Waals surface area contributed by atoms with Gasteiger partial charge in [0.15, 0.2) is 0 Å². The van der Waals surface area contributed by atoms with Crippen LogP contribution in [0.15, 0.2) is 42.7 Å². The molecule has 0 atom stereocenters. The highest BCUT2D eigenvalue weighted by atomic mass is 16.5. The molecule has 1 aliphatic heterocycles. The Kier molecular flexibility index (Phi) is 4.64. The first-order valence-corrected chi connectivity index (χ1v) is 8.09. The van der Waals surface area contributed by atoms with Crippen molar-refractivity contribution >= 4 is 0 Å². The van der Waals surface area contributed by atoms with E-state index in [1.807, 2.05) is 12.3 Å². The first-order chi connectivity index (χ1) is 11.1. The second-order valence-corrected chi connectivity index (χ2v) is 6.78. The van der Waals surface area contributed by atoms with Crippen molar-refractivity contribution in [3.63, 3.8) is 0 Å². The Labute approximate surface area is 137 Å². The number of benzene rings is 1. The van der Waals surface area contributed by atoms with E-state index in [0.717, 1.165) is 30.8 Å². The van der Waals surface area contributed by atoms with Crippen LogP contribution in [-0.4, -0.2) is 33.7 Å². The van der Waals surface area contributed by atoms with Crippen LogP contribution in [0.4, 0.5) is 0 Å². The molecule has 122 valence electrons. The number of fused-ring (bicyclic) bond motifs is 1. The molecule has 0 unspecified atom stereocenters. The molecule has 2 heterocycles. The molecule has 0 spiro atoms. The lowest BCUT2D eigenvalue weighted by molar-refractivity contribution is 0.138. The smallest absolute Gasteiger partial charge is 0.123 e. The third-order valence-corrected chi connectivity index (χ3v) is 4.08. The molecular formula is C19H24N2O2. The standard InChI is InChI=1S/C19H24N2O2/c1-19(2)11-17-10-15(5-6-18(17)23-19)13-21(8-9-22)14-16-4-3-7-20-12-16/h3-7,10,12,22H,8-9,11,13-14H2,1-2H3. The van der Waals surface area contributed by atoms with Gasteiger partial charge in [-0.2, -0.15) is 0 Å². The van der Waals surface area contributed by atoms with Crippen LogP contribution in [0.1, 0.15) is 30.5 Å². The van der Waals surface area contributed by atoms with E-state index in [1.165, 1.54) is 11.1 Å². The Morgan fingerprint density at radius 3 is 2.78 bits per heavy atom. The summed E-state index contributed by atoms with van der Waals surface area (Å²) in [5, 5.41) is 9.34. The summed E-state index contributed by atoms with van der Waals surface area (Å²) in [6.45, 7) is 6.63. The zero-order valence-electron chi connectivity index (χ0n) is 13.8. The number of ether oxygens (including phenoxy) is 1. The molecule has 0 bridgehead atoms. The number of rotatable bonds is 6. The Balaban J connectivity index is 1.71. The molecule has 0 fully saturated rings. The van der Waals surface area contributed by atoms with Gasteiger partial charge in [0.25, 0.3) is 0 Å². The second-order valence-electron chi connectivity index (χ2n) is 6.78. The van der Waals surface area contributed by atoms with Gasteiger partial charge in [0.2, 0.25) is 0 Å². The van der Waals surface area contributed by atoms with Crippen molar-refractivity contribution in [1.29, 1.82) is 0 Å². The van der Waals surface area contributed by atoms with E-state index in [1.54, 1.807) is 6.20 Å². The highest BCUT2D eigenvalue weighted by Crippen LogP contribution is 2.35. The zero-order valence-corrected chi connectivity index (χ0v) is 13.8. The maximum absolute atomic E-state index is 9.34. The fourth-order valence-corrected chi connectivity index (χ4v) is 3.12. The van der Waals surface area contributed by atoms with E-state index < -0.39 is 0 Å². The van der Waals surface area contributed by atoms with Gasteiger partial charge in [-0.15, -0.1) is 0 Å². The fourth-order valence-electron chi connectivity index (χ4n) is 3.12. The molecule has 23 heavy (non-hydrogen) atoms. The van der Waals surface area contributed by atoms with Crippen LogP contribution in [0.3, 0.4) is 0 Å². The lowest BCUT2D eigenvalue weighted by atomic mass is 10.00. The topological polar surface area (TPSA) is 45.6 Å². The summed E-state index contributed by atoms with van der Waals surface area (Å²) in [4.78, 5) is 6.40. The van der Waals surface area contributed by atoms with Gasteiger partial charge in [-0.1, -0.05) is 18.2 Å². The minimum absolute atomic E-state index is 0.110. The SMILES string of the molecule is CC1(C)Cc2cc(CN(CCO)Cc3cccnc3)ccc2O1. The van der Waals surface area contributed by atoms with Crippen LogP contribution < -0.4 is 4.74 Å². The van der Waals surface area contributed by atoms with Gasteiger partial charge in [-0.3, -0.25) is 9.88 Å². The van der Waals surface area contributed by atoms with Crippen molar-refractivity contribution in [3.8, 4) is 5.75 Å². The molecule has 4 nitrogen and oxygen atoms in total. The van der Waals surface area contributed by atoms with Gasteiger partial charge in [-0.25, -0.2) is 0 Å². The van der Waals surface area contributed by atoms with Crippen molar-refractivity contribution in [3.05, 3.63) is 59.4 Å². The van der Waals surface area contributed by atoms with Crippen LogP contribution in [-0.2, 0) is 19.5 Å². The van der Waals surface area contributed by atoms with Gasteiger partial charge < -0.3 is 9.84 Å². The third-order valence-electron chi connectivity index (χ3n) is 4.08. The van der Waals surface area contributed by atoms with Crippen molar-refractivity contribution < 1.29 is 9.84 Å². The van der Waals surface area contributed by atoms with Gasteiger partial charge in [0.1, 0.15) is 11.4 Å². The molecule has 0 radical (unpaired) electrons. The predicted molar refractivity (Wildman–Crippen MR) is 90.3 cm³/mol. The highest BCUT2D eigenvalue weighted by Gasteiger charge is 2.29. The number of aliphatic hydroxyl groups is 1. The van der Waals surface area contributed by atoms with Crippen LogP contribution >= 0.6 is 0 Å². The highest BCUT2D eigenvalue weighted by molar-refractivity contribution is 5.41. The molecule has 0 aliphatic carbocycles. The number of pyridine rings is 1. The average Bonchev–Trinajstić information content (AvgIpc) is 2.81. The zero-order chi connectivity index (χ0) is 16.3. The van der Waals surface area contributed by atoms with Crippen molar-refractivity contribution in [2.45, 2.75) is 39.0 Å². The predicted octanol–water partition coefficient (Wildman–Crippen LogP) is 2.79. The largest absolute Gasteiger partial charge is 0.487 e. The monoisotopic (exact) mass is 312 g/mol. The lowest BCUT2D eigenvalue weighted by Crippen LogP contribution is -2.26. The Morgan fingerprint density at radius 1 is 1.22 bits per heavy atom. The molecule has 0 amide bonds. The van der Waals surface area contributed by atoms with Gasteiger partial charge in [0.05, 0.1) is 6.61 Å². The number of hydrogen-bond acceptors (Lipinski definition) is 4. The van der Waals surface area contributed by atoms with E-state index in [4.69, 9.17) is 4.74 Å². The quantitative estimate of drug-likeness (QED) is 0.891. The summed E-state index contributed by atoms with van der Waals surface area (Å²) < 4.78 is 5.94. The number of aliphatic hydroxyl groups excluding tert-OH is 1. The van der Waals surface area contributed by atoms with Crippen molar-refractivity contribution in [1.82, 2.24) is 9.88 Å². The van der Waals surface area contributed by atoms with Crippen LogP contribution in [0.25, 0.3) is 0 Å². The summed E-state index contributed by atoms with van der Waals surface area (Å²) in [5.74, 6) is 1.000. The lowest BCUT2D eigenvalue weighted by Gasteiger charge is -2.21. The summed E-state index contributed by atoms with van der Waals surface area (Å²) in [7, 11) is 0. The number of aromatic nitrogens is 1. The molecule has 1 aromatic heterocycles. The maximum atomic E-state index is 9.34. The molecule has 2 aromatic rings. The molecule has 4 heteroatoms. The van der Waals surface area contributed by atoms with Gasteiger partial charge in [-0.05, 0) is 42.7 Å². The summed E-state index contributed by atoms with van der Waals surface area (Å²) >= 11 is 0. The molecule has 1 aliphatic rings. The van der Waals surface area contributed by atoms with E-state index in [-0.39, 0.29) is 12.2 Å².